The Morgan fingerprint density at radius 3 is 2.57 bits per heavy atom. The fourth-order valence-corrected chi connectivity index (χ4v) is 1.71. The Hall–Kier alpha value is -2.67. The van der Waals surface area contributed by atoms with Gasteiger partial charge in [-0.15, -0.1) is 0 Å². The molecule has 0 aliphatic carbocycles. The lowest BCUT2D eigenvalue weighted by Gasteiger charge is -2.12. The van der Waals surface area contributed by atoms with Crippen LogP contribution in [0.15, 0.2) is 48.5 Å². The summed E-state index contributed by atoms with van der Waals surface area (Å²) in [7, 11) is 0. The minimum atomic E-state index is -0.483. The van der Waals surface area contributed by atoms with Crippen LogP contribution in [0.4, 0.5) is 10.1 Å². The Morgan fingerprint density at radius 2 is 1.86 bits per heavy atom. The number of aromatic hydroxyl groups is 1. The van der Waals surface area contributed by atoms with Crippen molar-refractivity contribution in [2.45, 2.75) is 0 Å². The summed E-state index contributed by atoms with van der Waals surface area (Å²) in [6.45, 7) is 0. The average molecular weight is 305 g/mol. The molecule has 0 fully saturated rings. The molecule has 0 radical (unpaired) electrons. The maximum Gasteiger partial charge on any atom is 0.269 e. The van der Waals surface area contributed by atoms with Gasteiger partial charge < -0.3 is 10.4 Å². The summed E-state index contributed by atoms with van der Waals surface area (Å²) in [4.78, 5) is 11.8. The van der Waals surface area contributed by atoms with Crippen LogP contribution in [-0.4, -0.2) is 16.1 Å². The highest BCUT2D eigenvalue weighted by molar-refractivity contribution is 7.80. The number of phenols is 1. The molecule has 0 aliphatic rings. The summed E-state index contributed by atoms with van der Waals surface area (Å²) in [5.74, 6) is -0.959. The first kappa shape index (κ1) is 14.7. The van der Waals surface area contributed by atoms with Crippen molar-refractivity contribution in [3.8, 4) is 5.75 Å². The van der Waals surface area contributed by atoms with E-state index in [0.29, 0.717) is 0 Å². The van der Waals surface area contributed by atoms with Crippen LogP contribution in [0.3, 0.4) is 0 Å². The van der Waals surface area contributed by atoms with Crippen molar-refractivity contribution in [1.82, 2.24) is 10.9 Å². The second-order valence-corrected chi connectivity index (χ2v) is 4.47. The minimum absolute atomic E-state index is 0.0188. The molecule has 0 spiro atoms. The largest absolute Gasteiger partial charge is 0.508 e. The Labute approximate surface area is 125 Å². The number of hydrogen-bond acceptors (Lipinski definition) is 3. The molecule has 2 aromatic rings. The van der Waals surface area contributed by atoms with Gasteiger partial charge >= 0.3 is 0 Å². The van der Waals surface area contributed by atoms with Crippen LogP contribution in [0.1, 0.15) is 10.4 Å². The lowest BCUT2D eigenvalue weighted by Crippen LogP contribution is -2.43. The van der Waals surface area contributed by atoms with Crippen LogP contribution in [-0.2, 0) is 0 Å². The highest BCUT2D eigenvalue weighted by Gasteiger charge is 2.07. The van der Waals surface area contributed by atoms with E-state index in [9.17, 15) is 14.3 Å². The van der Waals surface area contributed by atoms with E-state index in [1.54, 1.807) is 18.2 Å². The van der Waals surface area contributed by atoms with E-state index < -0.39 is 11.7 Å². The van der Waals surface area contributed by atoms with Gasteiger partial charge in [0.2, 0.25) is 0 Å². The normalized spacial score (nSPS) is 9.76. The molecule has 5 nitrogen and oxygen atoms in total. The maximum absolute atomic E-state index is 13.4. The monoisotopic (exact) mass is 305 g/mol. The summed E-state index contributed by atoms with van der Waals surface area (Å²) in [6.07, 6.45) is 0. The number of carbonyl (C=O) groups is 1. The zero-order valence-electron chi connectivity index (χ0n) is 10.8. The summed E-state index contributed by atoms with van der Waals surface area (Å²) in [6, 6.07) is 11.8. The smallest absolute Gasteiger partial charge is 0.269 e. The number of amides is 1. The quantitative estimate of drug-likeness (QED) is 0.505. The van der Waals surface area contributed by atoms with Gasteiger partial charge in [-0.25, -0.2) is 4.39 Å². The molecule has 0 aliphatic heterocycles. The number of anilines is 1. The first-order valence-electron chi connectivity index (χ1n) is 5.97. The number of hydrazine groups is 1. The zero-order valence-corrected chi connectivity index (χ0v) is 11.6. The molecular weight excluding hydrogens is 293 g/mol. The molecule has 21 heavy (non-hydrogen) atoms. The Kier molecular flexibility index (Phi) is 4.68. The third-order valence-electron chi connectivity index (χ3n) is 2.52. The fourth-order valence-electron chi connectivity index (χ4n) is 1.55. The maximum atomic E-state index is 13.4. The van der Waals surface area contributed by atoms with Crippen molar-refractivity contribution in [3.63, 3.8) is 0 Å². The van der Waals surface area contributed by atoms with E-state index >= 15 is 0 Å². The number of benzene rings is 2. The molecule has 0 saturated heterocycles. The van der Waals surface area contributed by atoms with Crippen molar-refractivity contribution in [1.29, 1.82) is 0 Å². The van der Waals surface area contributed by atoms with Gasteiger partial charge in [0.1, 0.15) is 11.6 Å². The number of rotatable bonds is 2. The number of phenolic OH excluding ortho intramolecular Hbond substituents is 1. The van der Waals surface area contributed by atoms with E-state index in [1.807, 2.05) is 0 Å². The molecule has 1 amide bonds. The van der Waals surface area contributed by atoms with Crippen LogP contribution < -0.4 is 16.2 Å². The lowest BCUT2D eigenvalue weighted by atomic mass is 10.2. The van der Waals surface area contributed by atoms with Gasteiger partial charge in [0.25, 0.3) is 5.91 Å². The van der Waals surface area contributed by atoms with Gasteiger partial charge in [-0.05, 0) is 42.5 Å². The topological polar surface area (TPSA) is 73.4 Å². The highest BCUT2D eigenvalue weighted by Crippen LogP contribution is 2.12. The third kappa shape index (κ3) is 4.15. The van der Waals surface area contributed by atoms with Crippen molar-refractivity contribution >= 4 is 28.9 Å². The number of nitrogens with one attached hydrogen (secondary N) is 3. The number of halogens is 1. The standard InChI is InChI=1S/C14H12FN3O2S/c15-11-6-1-2-7-12(11)16-14(21)18-17-13(20)9-4-3-5-10(19)8-9/h1-8,19H,(H,17,20)(H2,16,18,21). The molecule has 0 saturated carbocycles. The lowest BCUT2D eigenvalue weighted by molar-refractivity contribution is 0.0944. The molecule has 0 aromatic heterocycles. The van der Waals surface area contributed by atoms with E-state index in [1.165, 1.54) is 30.3 Å². The molecule has 0 atom stereocenters. The number of thiocarbonyl (C=S) groups is 1. The van der Waals surface area contributed by atoms with Gasteiger partial charge in [0, 0.05) is 5.56 Å². The Bertz CT molecular complexity index is 679. The highest BCUT2D eigenvalue weighted by atomic mass is 32.1. The molecule has 7 heteroatoms. The predicted octanol–water partition coefficient (Wildman–Crippen LogP) is 2.16. The number of para-hydroxylation sites is 1. The van der Waals surface area contributed by atoms with Gasteiger partial charge in [-0.1, -0.05) is 18.2 Å². The van der Waals surface area contributed by atoms with Crippen LogP contribution in [0.5, 0.6) is 5.75 Å². The van der Waals surface area contributed by atoms with Crippen LogP contribution in [0.25, 0.3) is 0 Å². The molecule has 0 heterocycles. The van der Waals surface area contributed by atoms with Crippen LogP contribution >= 0.6 is 12.2 Å². The van der Waals surface area contributed by atoms with Gasteiger partial charge in [-0.2, -0.15) is 0 Å². The Morgan fingerprint density at radius 1 is 1.10 bits per heavy atom. The van der Waals surface area contributed by atoms with E-state index in [4.69, 9.17) is 12.2 Å². The average Bonchev–Trinajstić information content (AvgIpc) is 2.47. The van der Waals surface area contributed by atoms with Crippen molar-refractivity contribution in [3.05, 3.63) is 59.9 Å². The first-order chi connectivity index (χ1) is 10.1. The molecule has 2 aromatic carbocycles. The van der Waals surface area contributed by atoms with Crippen molar-refractivity contribution < 1.29 is 14.3 Å². The summed E-state index contributed by atoms with van der Waals surface area (Å²) in [5, 5.41) is 11.9. The first-order valence-corrected chi connectivity index (χ1v) is 6.38. The zero-order chi connectivity index (χ0) is 15.2. The van der Waals surface area contributed by atoms with Gasteiger partial charge in [-0.3, -0.25) is 15.6 Å². The summed E-state index contributed by atoms with van der Waals surface area (Å²) >= 11 is 4.94. The second kappa shape index (κ2) is 6.67. The molecule has 108 valence electrons. The second-order valence-electron chi connectivity index (χ2n) is 4.06. The molecule has 0 bridgehead atoms. The van der Waals surface area contributed by atoms with E-state index in [2.05, 4.69) is 16.2 Å². The van der Waals surface area contributed by atoms with E-state index in [0.717, 1.165) is 0 Å². The van der Waals surface area contributed by atoms with E-state index in [-0.39, 0.29) is 22.1 Å². The fraction of sp³-hybridized carbons (Fsp3) is 0. The summed E-state index contributed by atoms with van der Waals surface area (Å²) < 4.78 is 13.4. The van der Waals surface area contributed by atoms with Crippen LogP contribution in [0.2, 0.25) is 0 Å². The molecule has 0 unspecified atom stereocenters. The third-order valence-corrected chi connectivity index (χ3v) is 2.72. The molecular formula is C14H12FN3O2S. The number of hydrogen-bond donors (Lipinski definition) is 4. The van der Waals surface area contributed by atoms with Crippen LogP contribution in [0, 0.1) is 5.82 Å². The van der Waals surface area contributed by atoms with Crippen molar-refractivity contribution in [2.24, 2.45) is 0 Å². The SMILES string of the molecule is O=C(NNC(=S)Nc1ccccc1F)c1cccc(O)c1. The number of carbonyl (C=O) groups excluding carboxylic acids is 1. The Balaban J connectivity index is 1.90. The minimum Gasteiger partial charge on any atom is -0.508 e. The molecule has 4 N–H and O–H groups in total. The predicted molar refractivity (Wildman–Crippen MR) is 81.3 cm³/mol. The molecule has 2 rings (SSSR count). The van der Waals surface area contributed by atoms with Crippen molar-refractivity contribution in [2.75, 3.05) is 5.32 Å². The van der Waals surface area contributed by atoms with Gasteiger partial charge in [0.15, 0.2) is 5.11 Å². The summed E-state index contributed by atoms with van der Waals surface area (Å²) in [5.41, 5.74) is 5.24. The van der Waals surface area contributed by atoms with Gasteiger partial charge in [0.05, 0.1) is 5.69 Å².